The second-order valence-electron chi connectivity index (χ2n) is 5.63. The number of nitro benzene ring substituents is 1. The molecule has 0 aliphatic heterocycles. The van der Waals surface area contributed by atoms with E-state index in [9.17, 15) is 38.0 Å². The molecule has 2 aromatic carbocycles. The van der Waals surface area contributed by atoms with Gasteiger partial charge in [-0.25, -0.2) is 4.79 Å². The van der Waals surface area contributed by atoms with Crippen molar-refractivity contribution < 1.29 is 37.5 Å². The van der Waals surface area contributed by atoms with Crippen molar-refractivity contribution in [1.29, 1.82) is 0 Å². The highest BCUT2D eigenvalue weighted by molar-refractivity contribution is 5.97. The van der Waals surface area contributed by atoms with Gasteiger partial charge in [0.05, 0.1) is 16.2 Å². The molecule has 2 N–H and O–H groups in total. The summed E-state index contributed by atoms with van der Waals surface area (Å²) in [6.45, 7) is 0.741. The quantitative estimate of drug-likeness (QED) is 0.453. The number of phenols is 1. The molecule has 0 radical (unpaired) electrons. The summed E-state index contributed by atoms with van der Waals surface area (Å²) < 4.78 is 43.9. The summed E-state index contributed by atoms with van der Waals surface area (Å²) in [6.07, 6.45) is -4.96. The molecule has 2 rings (SSSR count). The molecule has 1 amide bonds. The van der Waals surface area contributed by atoms with Crippen molar-refractivity contribution >= 4 is 23.3 Å². The van der Waals surface area contributed by atoms with Crippen LogP contribution in [-0.4, -0.2) is 28.5 Å². The van der Waals surface area contributed by atoms with Gasteiger partial charge in [-0.3, -0.25) is 14.9 Å². The SMILES string of the molecule is Cc1ccc(C(=O)OCC(=O)Nc2ccc([N+](=O)[O-])cc2C(F)(F)F)c(O)c1. The van der Waals surface area contributed by atoms with E-state index in [2.05, 4.69) is 4.74 Å². The van der Waals surface area contributed by atoms with Crippen LogP contribution in [0.15, 0.2) is 36.4 Å². The lowest BCUT2D eigenvalue weighted by Crippen LogP contribution is -2.23. The number of halogens is 3. The number of aromatic hydroxyl groups is 1. The number of aryl methyl sites for hydroxylation is 1. The van der Waals surface area contributed by atoms with E-state index in [1.165, 1.54) is 18.2 Å². The maximum absolute atomic E-state index is 13.1. The van der Waals surface area contributed by atoms with Crippen LogP contribution in [-0.2, 0) is 15.7 Å². The number of anilines is 1. The first-order valence-corrected chi connectivity index (χ1v) is 7.61. The van der Waals surface area contributed by atoms with E-state index in [-0.39, 0.29) is 17.4 Å². The summed E-state index contributed by atoms with van der Waals surface area (Å²) in [5.41, 5.74) is -2.49. The Morgan fingerprint density at radius 1 is 1.21 bits per heavy atom. The van der Waals surface area contributed by atoms with E-state index in [0.717, 1.165) is 12.1 Å². The summed E-state index contributed by atoms with van der Waals surface area (Å²) in [5, 5.41) is 22.2. The number of rotatable bonds is 5. The van der Waals surface area contributed by atoms with Gasteiger partial charge in [0, 0.05) is 12.1 Å². The number of carbonyl (C=O) groups excluding carboxylic acids is 2. The van der Waals surface area contributed by atoms with Gasteiger partial charge in [-0.15, -0.1) is 0 Å². The van der Waals surface area contributed by atoms with E-state index in [0.29, 0.717) is 5.56 Å². The zero-order chi connectivity index (χ0) is 21.1. The highest BCUT2D eigenvalue weighted by Gasteiger charge is 2.35. The number of carbonyl (C=O) groups is 2. The number of alkyl halides is 3. The van der Waals surface area contributed by atoms with Gasteiger partial charge in [0.15, 0.2) is 6.61 Å². The van der Waals surface area contributed by atoms with Crippen molar-refractivity contribution in [2.24, 2.45) is 0 Å². The van der Waals surface area contributed by atoms with Crippen LogP contribution in [0.2, 0.25) is 0 Å². The summed E-state index contributed by atoms with van der Waals surface area (Å²) in [7, 11) is 0. The number of amides is 1. The molecule has 0 aliphatic carbocycles. The number of ether oxygens (including phenoxy) is 1. The molecule has 0 heterocycles. The Balaban J connectivity index is 2.10. The molecule has 148 valence electrons. The average Bonchev–Trinajstić information content (AvgIpc) is 2.59. The fraction of sp³-hybridized carbons (Fsp3) is 0.176. The second-order valence-corrected chi connectivity index (χ2v) is 5.63. The van der Waals surface area contributed by atoms with Crippen LogP contribution in [0.4, 0.5) is 24.5 Å². The zero-order valence-electron chi connectivity index (χ0n) is 14.2. The third-order valence-electron chi connectivity index (χ3n) is 3.50. The lowest BCUT2D eigenvalue weighted by Gasteiger charge is -2.13. The molecular weight excluding hydrogens is 385 g/mol. The summed E-state index contributed by atoms with van der Waals surface area (Å²) in [6, 6.07) is 5.88. The highest BCUT2D eigenvalue weighted by atomic mass is 19.4. The van der Waals surface area contributed by atoms with Gasteiger partial charge in [-0.1, -0.05) is 6.07 Å². The Labute approximate surface area is 155 Å². The Morgan fingerprint density at radius 3 is 2.46 bits per heavy atom. The monoisotopic (exact) mass is 398 g/mol. The first-order valence-electron chi connectivity index (χ1n) is 7.61. The molecule has 0 unspecified atom stereocenters. The molecule has 0 bridgehead atoms. The minimum atomic E-state index is -4.96. The Bertz CT molecular complexity index is 943. The molecule has 0 fully saturated rings. The first kappa shape index (κ1) is 20.7. The van der Waals surface area contributed by atoms with Crippen LogP contribution in [0.3, 0.4) is 0 Å². The summed E-state index contributed by atoms with van der Waals surface area (Å²) >= 11 is 0. The normalized spacial score (nSPS) is 11.0. The standard InChI is InChI=1S/C17H13F3N2O6/c1-9-2-4-11(14(23)6-9)16(25)28-8-15(24)21-13-5-3-10(22(26)27)7-12(13)17(18,19)20/h2-7,23H,8H2,1H3,(H,21,24). The smallest absolute Gasteiger partial charge is 0.418 e. The maximum Gasteiger partial charge on any atom is 0.418 e. The van der Waals surface area contributed by atoms with Crippen LogP contribution < -0.4 is 5.32 Å². The van der Waals surface area contributed by atoms with Crippen LogP contribution in [0.25, 0.3) is 0 Å². The first-order chi connectivity index (χ1) is 13.0. The molecule has 0 spiro atoms. The molecule has 0 saturated heterocycles. The fourth-order valence-electron chi connectivity index (χ4n) is 2.20. The highest BCUT2D eigenvalue weighted by Crippen LogP contribution is 2.37. The van der Waals surface area contributed by atoms with Crippen LogP contribution in [0.5, 0.6) is 5.75 Å². The summed E-state index contributed by atoms with van der Waals surface area (Å²) in [5.74, 6) is -2.52. The van der Waals surface area contributed by atoms with E-state index in [1.807, 2.05) is 5.32 Å². The van der Waals surface area contributed by atoms with Gasteiger partial charge in [-0.2, -0.15) is 13.2 Å². The van der Waals surface area contributed by atoms with Crippen LogP contribution in [0.1, 0.15) is 21.5 Å². The van der Waals surface area contributed by atoms with Gasteiger partial charge in [0.25, 0.3) is 11.6 Å². The maximum atomic E-state index is 13.1. The molecule has 0 atom stereocenters. The average molecular weight is 398 g/mol. The molecule has 8 nitrogen and oxygen atoms in total. The number of phenolic OH excluding ortho intramolecular Hbond substituents is 1. The molecule has 0 aliphatic rings. The molecule has 28 heavy (non-hydrogen) atoms. The van der Waals surface area contributed by atoms with E-state index < -0.39 is 46.5 Å². The summed E-state index contributed by atoms with van der Waals surface area (Å²) in [4.78, 5) is 33.3. The third-order valence-corrected chi connectivity index (χ3v) is 3.50. The molecule has 0 saturated carbocycles. The largest absolute Gasteiger partial charge is 0.507 e. The predicted octanol–water partition coefficient (Wildman–Crippen LogP) is 3.42. The number of nitro groups is 1. The van der Waals surface area contributed by atoms with Gasteiger partial charge >= 0.3 is 12.1 Å². The van der Waals surface area contributed by atoms with Crippen molar-refractivity contribution in [2.75, 3.05) is 11.9 Å². The number of hydrogen-bond donors (Lipinski definition) is 2. The van der Waals surface area contributed by atoms with Gasteiger partial charge in [0.2, 0.25) is 0 Å². The number of esters is 1. The lowest BCUT2D eigenvalue weighted by molar-refractivity contribution is -0.385. The van der Waals surface area contributed by atoms with Crippen molar-refractivity contribution in [2.45, 2.75) is 13.1 Å². The Hall–Kier alpha value is -3.63. The molecular formula is C17H13F3N2O6. The van der Waals surface area contributed by atoms with Gasteiger partial charge in [0.1, 0.15) is 11.3 Å². The predicted molar refractivity (Wildman–Crippen MR) is 89.9 cm³/mol. The molecule has 0 aromatic heterocycles. The number of non-ortho nitro benzene ring substituents is 1. The van der Waals surface area contributed by atoms with Crippen molar-refractivity contribution in [3.63, 3.8) is 0 Å². The fourth-order valence-corrected chi connectivity index (χ4v) is 2.20. The van der Waals surface area contributed by atoms with Crippen molar-refractivity contribution in [3.8, 4) is 5.75 Å². The minimum Gasteiger partial charge on any atom is -0.507 e. The van der Waals surface area contributed by atoms with E-state index in [4.69, 9.17) is 0 Å². The number of nitrogens with zero attached hydrogens (tertiary/aromatic N) is 1. The Morgan fingerprint density at radius 2 is 1.89 bits per heavy atom. The minimum absolute atomic E-state index is 0.218. The Kier molecular flexibility index (Phi) is 5.87. The van der Waals surface area contributed by atoms with Crippen molar-refractivity contribution in [3.05, 3.63) is 63.2 Å². The third kappa shape index (κ3) is 4.96. The van der Waals surface area contributed by atoms with E-state index >= 15 is 0 Å². The molecule has 2 aromatic rings. The molecule has 11 heteroatoms. The van der Waals surface area contributed by atoms with Gasteiger partial charge < -0.3 is 15.2 Å². The number of nitrogens with one attached hydrogen (secondary N) is 1. The number of benzene rings is 2. The number of hydrogen-bond acceptors (Lipinski definition) is 6. The van der Waals surface area contributed by atoms with Crippen LogP contribution >= 0.6 is 0 Å². The van der Waals surface area contributed by atoms with Crippen LogP contribution in [0, 0.1) is 17.0 Å². The van der Waals surface area contributed by atoms with Gasteiger partial charge in [-0.05, 0) is 30.7 Å². The van der Waals surface area contributed by atoms with Crippen molar-refractivity contribution in [1.82, 2.24) is 0 Å². The lowest BCUT2D eigenvalue weighted by atomic mass is 10.1. The topological polar surface area (TPSA) is 119 Å². The zero-order valence-corrected chi connectivity index (χ0v) is 14.2. The second kappa shape index (κ2) is 7.94. The van der Waals surface area contributed by atoms with E-state index in [1.54, 1.807) is 6.92 Å².